The van der Waals surface area contributed by atoms with E-state index in [0.717, 1.165) is 41.7 Å². The lowest BCUT2D eigenvalue weighted by Crippen LogP contribution is -2.32. The molecule has 1 N–H and O–H groups in total. The summed E-state index contributed by atoms with van der Waals surface area (Å²) in [5, 5.41) is 3.39. The second kappa shape index (κ2) is 8.49. The van der Waals surface area contributed by atoms with E-state index >= 15 is 0 Å². The van der Waals surface area contributed by atoms with Crippen molar-refractivity contribution < 1.29 is 13.2 Å². The highest BCUT2D eigenvalue weighted by Crippen LogP contribution is 2.31. The molecule has 0 aromatic carbocycles. The lowest BCUT2D eigenvalue weighted by Gasteiger charge is -2.31. The van der Waals surface area contributed by atoms with Crippen molar-refractivity contribution in [3.63, 3.8) is 0 Å². The molecular formula is C22H23F3N6. The van der Waals surface area contributed by atoms with Crippen LogP contribution >= 0.6 is 0 Å². The zero-order valence-corrected chi connectivity index (χ0v) is 17.3. The summed E-state index contributed by atoms with van der Waals surface area (Å²) in [4.78, 5) is 19.2. The summed E-state index contributed by atoms with van der Waals surface area (Å²) in [6.45, 7) is 5.38. The van der Waals surface area contributed by atoms with Crippen LogP contribution in [0.1, 0.15) is 47.5 Å². The van der Waals surface area contributed by atoms with E-state index in [1.54, 1.807) is 0 Å². The fourth-order valence-electron chi connectivity index (χ4n) is 3.67. The predicted octanol–water partition coefficient (Wildman–Crippen LogP) is 4.72. The average molecular weight is 428 g/mol. The number of nitrogens with one attached hydrogen (secondary N) is 1. The third kappa shape index (κ3) is 4.60. The van der Waals surface area contributed by atoms with E-state index in [-0.39, 0.29) is 6.04 Å². The van der Waals surface area contributed by atoms with Crippen LogP contribution in [0.4, 0.5) is 24.8 Å². The van der Waals surface area contributed by atoms with Gasteiger partial charge in [0.2, 0.25) is 0 Å². The first-order chi connectivity index (χ1) is 14.8. The van der Waals surface area contributed by atoms with Gasteiger partial charge in [-0.15, -0.1) is 0 Å². The molecule has 0 radical (unpaired) electrons. The molecule has 0 bridgehead atoms. The molecule has 1 aliphatic rings. The van der Waals surface area contributed by atoms with Crippen molar-refractivity contribution in [2.24, 2.45) is 0 Å². The smallest absolute Gasteiger partial charge is 0.363 e. The molecule has 0 amide bonds. The molecule has 0 saturated carbocycles. The van der Waals surface area contributed by atoms with E-state index in [4.69, 9.17) is 0 Å². The van der Waals surface area contributed by atoms with E-state index in [2.05, 4.69) is 30.2 Å². The molecule has 0 spiro atoms. The Morgan fingerprint density at radius 1 is 1.06 bits per heavy atom. The van der Waals surface area contributed by atoms with E-state index < -0.39 is 11.9 Å². The van der Waals surface area contributed by atoms with Crippen LogP contribution in [-0.4, -0.2) is 26.5 Å². The maximum absolute atomic E-state index is 12.8. The van der Waals surface area contributed by atoms with Crippen LogP contribution in [0.5, 0.6) is 0 Å². The van der Waals surface area contributed by atoms with Crippen LogP contribution in [0.3, 0.4) is 0 Å². The van der Waals surface area contributed by atoms with Gasteiger partial charge < -0.3 is 10.2 Å². The molecule has 6 nitrogen and oxygen atoms in total. The first kappa shape index (κ1) is 21.0. The predicted molar refractivity (Wildman–Crippen MR) is 112 cm³/mol. The second-order valence-corrected chi connectivity index (χ2v) is 7.59. The summed E-state index contributed by atoms with van der Waals surface area (Å²) < 4.78 is 38.5. The monoisotopic (exact) mass is 428 g/mol. The normalized spacial score (nSPS) is 14.8. The molecule has 0 aliphatic carbocycles. The third-order valence-electron chi connectivity index (χ3n) is 5.42. The number of hydrogen-bond acceptors (Lipinski definition) is 6. The van der Waals surface area contributed by atoms with Gasteiger partial charge in [0, 0.05) is 37.5 Å². The van der Waals surface area contributed by atoms with Gasteiger partial charge >= 0.3 is 6.18 Å². The standard InChI is InChI=1S/C22H23F3N6/c1-3-17(15-5-6-19(26-11-15)22(23,24)25)30-21-16-12-31(9-8-18(16)28-13-29-21)20-7-4-14(2)10-27-20/h4-7,10-11,13,17H,3,8-9,12H2,1-2H3,(H,28,29,30)/t17-/m1/s1. The zero-order chi connectivity index (χ0) is 22.0. The van der Waals surface area contributed by atoms with Crippen molar-refractivity contribution in [3.8, 4) is 0 Å². The molecular weight excluding hydrogens is 405 g/mol. The molecule has 31 heavy (non-hydrogen) atoms. The van der Waals surface area contributed by atoms with Gasteiger partial charge in [0.15, 0.2) is 0 Å². The maximum atomic E-state index is 12.8. The van der Waals surface area contributed by atoms with E-state index in [9.17, 15) is 13.2 Å². The number of aromatic nitrogens is 4. The molecule has 0 saturated heterocycles. The summed E-state index contributed by atoms with van der Waals surface area (Å²) in [7, 11) is 0. The number of anilines is 2. The molecule has 1 aliphatic heterocycles. The number of fused-ring (bicyclic) bond motifs is 1. The van der Waals surface area contributed by atoms with E-state index in [1.807, 2.05) is 32.2 Å². The van der Waals surface area contributed by atoms with Gasteiger partial charge in [-0.05, 0) is 36.6 Å². The highest BCUT2D eigenvalue weighted by atomic mass is 19.4. The zero-order valence-electron chi connectivity index (χ0n) is 17.3. The third-order valence-corrected chi connectivity index (χ3v) is 5.42. The fourth-order valence-corrected chi connectivity index (χ4v) is 3.67. The van der Waals surface area contributed by atoms with Crippen molar-refractivity contribution in [1.82, 2.24) is 19.9 Å². The van der Waals surface area contributed by atoms with Crippen LogP contribution in [0.25, 0.3) is 0 Å². The van der Waals surface area contributed by atoms with Crippen molar-refractivity contribution in [3.05, 3.63) is 71.1 Å². The number of nitrogens with zero attached hydrogens (tertiary/aromatic N) is 5. The number of halogens is 3. The molecule has 4 rings (SSSR count). The minimum Gasteiger partial charge on any atom is -0.363 e. The van der Waals surface area contributed by atoms with Gasteiger partial charge in [0.25, 0.3) is 0 Å². The summed E-state index contributed by atoms with van der Waals surface area (Å²) in [6, 6.07) is 6.29. The molecule has 0 fully saturated rings. The second-order valence-electron chi connectivity index (χ2n) is 7.59. The van der Waals surface area contributed by atoms with E-state index in [0.29, 0.717) is 24.3 Å². The molecule has 1 atom stereocenters. The maximum Gasteiger partial charge on any atom is 0.433 e. The Labute approximate surface area is 178 Å². The van der Waals surface area contributed by atoms with Crippen LogP contribution in [0, 0.1) is 6.92 Å². The number of rotatable bonds is 5. The van der Waals surface area contributed by atoms with Gasteiger partial charge in [-0.1, -0.05) is 19.1 Å². The molecule has 3 aromatic rings. The SMILES string of the molecule is CC[C@@H](Nc1ncnc2c1CN(c1ccc(C)cn1)CC2)c1ccc(C(F)(F)F)nc1. The Bertz CT molecular complexity index is 1030. The Kier molecular flexibility index (Phi) is 5.75. The molecule has 4 heterocycles. The molecule has 162 valence electrons. The Morgan fingerprint density at radius 2 is 1.90 bits per heavy atom. The molecule has 3 aromatic heterocycles. The first-order valence-corrected chi connectivity index (χ1v) is 10.1. The Hall–Kier alpha value is -3.23. The van der Waals surface area contributed by atoms with Gasteiger partial charge in [-0.25, -0.2) is 15.0 Å². The highest BCUT2D eigenvalue weighted by Gasteiger charge is 2.32. The van der Waals surface area contributed by atoms with Crippen molar-refractivity contribution in [2.45, 2.75) is 45.5 Å². The lowest BCUT2D eigenvalue weighted by atomic mass is 10.0. The van der Waals surface area contributed by atoms with Crippen molar-refractivity contribution in [1.29, 1.82) is 0 Å². The first-order valence-electron chi connectivity index (χ1n) is 10.1. The average Bonchev–Trinajstić information content (AvgIpc) is 2.77. The van der Waals surface area contributed by atoms with Crippen LogP contribution in [-0.2, 0) is 19.1 Å². The van der Waals surface area contributed by atoms with Crippen molar-refractivity contribution >= 4 is 11.6 Å². The summed E-state index contributed by atoms with van der Waals surface area (Å²) >= 11 is 0. The highest BCUT2D eigenvalue weighted by molar-refractivity contribution is 5.53. The van der Waals surface area contributed by atoms with Crippen molar-refractivity contribution in [2.75, 3.05) is 16.8 Å². The fraction of sp³-hybridized carbons (Fsp3) is 0.364. The topological polar surface area (TPSA) is 66.8 Å². The van der Waals surface area contributed by atoms with Gasteiger partial charge in [-0.2, -0.15) is 13.2 Å². The number of aryl methyl sites for hydroxylation is 1. The van der Waals surface area contributed by atoms with Crippen LogP contribution in [0.2, 0.25) is 0 Å². The van der Waals surface area contributed by atoms with Crippen LogP contribution < -0.4 is 10.2 Å². The number of pyridine rings is 2. The summed E-state index contributed by atoms with van der Waals surface area (Å²) in [5.41, 5.74) is 2.83. The van der Waals surface area contributed by atoms with E-state index in [1.165, 1.54) is 18.6 Å². The minimum absolute atomic E-state index is 0.221. The van der Waals surface area contributed by atoms with Gasteiger partial charge in [0.05, 0.1) is 11.7 Å². The minimum atomic E-state index is -4.45. The Morgan fingerprint density at radius 3 is 2.55 bits per heavy atom. The van der Waals surface area contributed by atoms with Crippen LogP contribution in [0.15, 0.2) is 43.0 Å². The molecule has 9 heteroatoms. The molecule has 0 unspecified atom stereocenters. The number of hydrogen-bond donors (Lipinski definition) is 1. The number of alkyl halides is 3. The summed E-state index contributed by atoms with van der Waals surface area (Å²) in [6.07, 6.45) is 1.62. The summed E-state index contributed by atoms with van der Waals surface area (Å²) in [5.74, 6) is 1.58. The Balaban J connectivity index is 1.57. The quantitative estimate of drug-likeness (QED) is 0.634. The largest absolute Gasteiger partial charge is 0.433 e. The van der Waals surface area contributed by atoms with Gasteiger partial charge in [-0.3, -0.25) is 4.98 Å². The lowest BCUT2D eigenvalue weighted by molar-refractivity contribution is -0.141. The van der Waals surface area contributed by atoms with Gasteiger partial charge in [0.1, 0.15) is 23.7 Å².